The Bertz CT molecular complexity index is 500. The normalized spacial score (nSPS) is 39.4. The largest absolute Gasteiger partial charge is 0.476 e. The topological polar surface area (TPSA) is 62.2 Å². The summed E-state index contributed by atoms with van der Waals surface area (Å²) in [4.78, 5) is 15.1. The number of anilines is 1. The van der Waals surface area contributed by atoms with E-state index >= 15 is 0 Å². The SMILES string of the molecule is O=C(O)c1ncccc1NC1C2C3CCC(C3)C12. The molecule has 3 aliphatic carbocycles. The number of pyridine rings is 1. The highest BCUT2D eigenvalue weighted by molar-refractivity contribution is 5.91. The number of fused-ring (bicyclic) bond motifs is 5. The van der Waals surface area contributed by atoms with Gasteiger partial charge in [-0.2, -0.15) is 0 Å². The molecule has 4 heteroatoms. The van der Waals surface area contributed by atoms with Crippen molar-refractivity contribution < 1.29 is 9.90 Å². The Hall–Kier alpha value is -1.58. The standard InChI is InChI=1S/C14H16N2O2/c17-14(18)12-9(2-1-5-15-12)16-13-10-7-3-4-8(6-7)11(10)13/h1-2,5,7-8,10-11,13,16H,3-4,6H2,(H,17,18). The molecular formula is C14H16N2O2. The first-order valence-electron chi connectivity index (χ1n) is 6.70. The monoisotopic (exact) mass is 244 g/mol. The summed E-state index contributed by atoms with van der Waals surface area (Å²) >= 11 is 0. The Morgan fingerprint density at radius 1 is 1.33 bits per heavy atom. The van der Waals surface area contributed by atoms with Gasteiger partial charge in [-0.05, 0) is 55.1 Å². The number of hydrogen-bond acceptors (Lipinski definition) is 3. The molecule has 2 bridgehead atoms. The van der Waals surface area contributed by atoms with E-state index in [1.165, 1.54) is 25.5 Å². The van der Waals surface area contributed by atoms with Crippen LogP contribution in [-0.4, -0.2) is 22.1 Å². The van der Waals surface area contributed by atoms with Crippen LogP contribution < -0.4 is 5.32 Å². The molecule has 2 N–H and O–H groups in total. The first kappa shape index (κ1) is 10.4. The van der Waals surface area contributed by atoms with Gasteiger partial charge < -0.3 is 10.4 Å². The van der Waals surface area contributed by atoms with E-state index in [1.54, 1.807) is 6.07 Å². The van der Waals surface area contributed by atoms with Gasteiger partial charge >= 0.3 is 5.97 Å². The van der Waals surface area contributed by atoms with Crippen molar-refractivity contribution in [1.29, 1.82) is 0 Å². The van der Waals surface area contributed by atoms with Crippen LogP contribution in [0, 0.1) is 23.7 Å². The number of carboxylic acid groups (broad SMARTS) is 1. The van der Waals surface area contributed by atoms with Gasteiger partial charge in [0.1, 0.15) is 0 Å². The highest BCUT2D eigenvalue weighted by Crippen LogP contribution is 2.66. The summed E-state index contributed by atoms with van der Waals surface area (Å²) in [6.45, 7) is 0. The van der Waals surface area contributed by atoms with E-state index in [1.807, 2.05) is 6.07 Å². The summed E-state index contributed by atoms with van der Waals surface area (Å²) < 4.78 is 0. The van der Waals surface area contributed by atoms with Gasteiger partial charge in [0.15, 0.2) is 5.69 Å². The van der Waals surface area contributed by atoms with Gasteiger partial charge in [-0.25, -0.2) is 9.78 Å². The van der Waals surface area contributed by atoms with Crippen LogP contribution in [0.4, 0.5) is 5.69 Å². The van der Waals surface area contributed by atoms with E-state index in [-0.39, 0.29) is 5.69 Å². The van der Waals surface area contributed by atoms with Crippen LogP contribution in [0.1, 0.15) is 29.8 Å². The molecular weight excluding hydrogens is 228 g/mol. The van der Waals surface area contributed by atoms with Crippen molar-refractivity contribution in [3.05, 3.63) is 24.0 Å². The van der Waals surface area contributed by atoms with Gasteiger partial charge in [-0.1, -0.05) is 0 Å². The summed E-state index contributed by atoms with van der Waals surface area (Å²) in [5, 5.41) is 12.5. The highest BCUT2D eigenvalue weighted by Gasteiger charge is 2.65. The molecule has 0 saturated heterocycles. The number of aromatic carboxylic acids is 1. The zero-order valence-electron chi connectivity index (χ0n) is 10.0. The van der Waals surface area contributed by atoms with Crippen molar-refractivity contribution >= 4 is 11.7 Å². The molecule has 94 valence electrons. The second-order valence-corrected chi connectivity index (χ2v) is 5.86. The summed E-state index contributed by atoms with van der Waals surface area (Å²) in [7, 11) is 0. The molecule has 3 aliphatic rings. The van der Waals surface area contributed by atoms with Gasteiger partial charge in [0, 0.05) is 12.2 Å². The zero-order chi connectivity index (χ0) is 12.3. The van der Waals surface area contributed by atoms with Gasteiger partial charge in [0.25, 0.3) is 0 Å². The molecule has 4 rings (SSSR count). The zero-order valence-corrected chi connectivity index (χ0v) is 10.0. The minimum atomic E-state index is -0.952. The Balaban J connectivity index is 1.55. The van der Waals surface area contributed by atoms with Crippen LogP contribution in [0.15, 0.2) is 18.3 Å². The summed E-state index contributed by atoms with van der Waals surface area (Å²) in [6, 6.07) is 4.12. The Kier molecular flexibility index (Phi) is 1.99. The lowest BCUT2D eigenvalue weighted by molar-refractivity contribution is 0.0691. The van der Waals surface area contributed by atoms with E-state index in [2.05, 4.69) is 10.3 Å². The van der Waals surface area contributed by atoms with Crippen LogP contribution in [0.5, 0.6) is 0 Å². The average Bonchev–Trinajstić information content (AvgIpc) is 2.78. The maximum Gasteiger partial charge on any atom is 0.356 e. The minimum absolute atomic E-state index is 0.148. The Morgan fingerprint density at radius 3 is 2.72 bits per heavy atom. The molecule has 1 aromatic heterocycles. The van der Waals surface area contributed by atoms with Crippen LogP contribution in [0.2, 0.25) is 0 Å². The maximum absolute atomic E-state index is 11.1. The lowest BCUT2D eigenvalue weighted by atomic mass is 10.0. The van der Waals surface area contributed by atoms with E-state index in [0.29, 0.717) is 11.7 Å². The fourth-order valence-electron chi connectivity index (χ4n) is 4.39. The van der Waals surface area contributed by atoms with Crippen LogP contribution >= 0.6 is 0 Å². The number of hydrogen-bond donors (Lipinski definition) is 2. The molecule has 0 aromatic carbocycles. The first-order valence-corrected chi connectivity index (χ1v) is 6.70. The fourth-order valence-corrected chi connectivity index (χ4v) is 4.39. The Morgan fingerprint density at radius 2 is 2.06 bits per heavy atom. The third kappa shape index (κ3) is 1.32. The number of aromatic nitrogens is 1. The minimum Gasteiger partial charge on any atom is -0.476 e. The van der Waals surface area contributed by atoms with Crippen molar-refractivity contribution in [2.24, 2.45) is 23.7 Å². The molecule has 0 aliphatic heterocycles. The number of rotatable bonds is 3. The third-order valence-corrected chi connectivity index (χ3v) is 5.07. The predicted molar refractivity (Wildman–Crippen MR) is 66.4 cm³/mol. The van der Waals surface area contributed by atoms with Gasteiger partial charge in [-0.3, -0.25) is 0 Å². The Labute approximate surface area is 105 Å². The molecule has 1 aromatic rings. The van der Waals surface area contributed by atoms with E-state index in [4.69, 9.17) is 5.11 Å². The molecule has 0 spiro atoms. The number of carbonyl (C=O) groups is 1. The number of carboxylic acids is 1. The van der Waals surface area contributed by atoms with E-state index in [0.717, 1.165) is 23.7 Å². The molecule has 3 fully saturated rings. The first-order chi connectivity index (χ1) is 8.75. The van der Waals surface area contributed by atoms with E-state index in [9.17, 15) is 4.79 Å². The third-order valence-electron chi connectivity index (χ3n) is 5.07. The van der Waals surface area contributed by atoms with Crippen LogP contribution in [0.25, 0.3) is 0 Å². The molecule has 4 atom stereocenters. The van der Waals surface area contributed by atoms with E-state index < -0.39 is 5.97 Å². The number of nitrogens with one attached hydrogen (secondary N) is 1. The van der Waals surface area contributed by atoms with Crippen molar-refractivity contribution in [1.82, 2.24) is 4.98 Å². The summed E-state index contributed by atoms with van der Waals surface area (Å²) in [6.07, 6.45) is 5.70. The lowest BCUT2D eigenvalue weighted by Crippen LogP contribution is -2.15. The van der Waals surface area contributed by atoms with Crippen molar-refractivity contribution in [2.45, 2.75) is 25.3 Å². The lowest BCUT2D eigenvalue weighted by Gasteiger charge is -2.12. The molecule has 0 amide bonds. The number of nitrogens with zero attached hydrogens (tertiary/aromatic N) is 1. The maximum atomic E-state index is 11.1. The van der Waals surface area contributed by atoms with Crippen molar-refractivity contribution in [2.75, 3.05) is 5.32 Å². The van der Waals surface area contributed by atoms with Gasteiger partial charge in [0.2, 0.25) is 0 Å². The molecule has 18 heavy (non-hydrogen) atoms. The molecule has 4 unspecified atom stereocenters. The van der Waals surface area contributed by atoms with Gasteiger partial charge in [-0.15, -0.1) is 0 Å². The van der Waals surface area contributed by atoms with Crippen LogP contribution in [0.3, 0.4) is 0 Å². The fraction of sp³-hybridized carbons (Fsp3) is 0.571. The average molecular weight is 244 g/mol. The smallest absolute Gasteiger partial charge is 0.356 e. The second kappa shape index (κ2) is 3.46. The molecule has 0 radical (unpaired) electrons. The summed E-state index contributed by atoms with van der Waals surface area (Å²) in [5.74, 6) is 2.42. The predicted octanol–water partition coefficient (Wildman–Crippen LogP) is 2.24. The second-order valence-electron chi connectivity index (χ2n) is 5.86. The van der Waals surface area contributed by atoms with Crippen molar-refractivity contribution in [3.8, 4) is 0 Å². The van der Waals surface area contributed by atoms with Gasteiger partial charge in [0.05, 0.1) is 5.69 Å². The molecule has 1 heterocycles. The molecule has 4 nitrogen and oxygen atoms in total. The highest BCUT2D eigenvalue weighted by atomic mass is 16.4. The molecule has 3 saturated carbocycles. The van der Waals surface area contributed by atoms with Crippen LogP contribution in [-0.2, 0) is 0 Å². The quantitative estimate of drug-likeness (QED) is 0.856. The summed E-state index contributed by atoms with van der Waals surface area (Å²) in [5.41, 5.74) is 0.832. The van der Waals surface area contributed by atoms with Crippen molar-refractivity contribution in [3.63, 3.8) is 0 Å².